The number of nitrogens with zero attached hydrogens (tertiary/aromatic N) is 3. The number of carboxylic acids is 1. The van der Waals surface area contributed by atoms with Crippen molar-refractivity contribution in [2.75, 3.05) is 0 Å². The largest absolute Gasteiger partial charge is 0.478 e. The molecule has 7 nitrogen and oxygen atoms in total. The molecule has 0 unspecified atom stereocenters. The second-order valence-corrected chi connectivity index (χ2v) is 4.22. The molecule has 0 aliphatic carbocycles. The number of nitro groups is 1. The number of hydrogen-bond acceptors (Lipinski definition) is 4. The first-order chi connectivity index (χ1) is 8.49. The van der Waals surface area contributed by atoms with E-state index in [1.54, 1.807) is 0 Å². The number of carbonyl (C=O) groups is 1. The topological polar surface area (TPSA) is 98.3 Å². The van der Waals surface area contributed by atoms with E-state index in [0.29, 0.717) is 10.2 Å². The summed E-state index contributed by atoms with van der Waals surface area (Å²) in [6.07, 6.45) is 2.38. The Labute approximate surface area is 109 Å². The Kier molecular flexibility index (Phi) is 3.11. The fourth-order valence-electron chi connectivity index (χ4n) is 1.37. The van der Waals surface area contributed by atoms with E-state index in [9.17, 15) is 14.9 Å². The van der Waals surface area contributed by atoms with Crippen molar-refractivity contribution in [1.82, 2.24) is 9.78 Å². The first-order valence-corrected chi connectivity index (χ1v) is 5.50. The minimum Gasteiger partial charge on any atom is -0.478 e. The van der Waals surface area contributed by atoms with Crippen LogP contribution < -0.4 is 0 Å². The molecule has 0 bridgehead atoms. The van der Waals surface area contributed by atoms with Crippen molar-refractivity contribution in [1.29, 1.82) is 0 Å². The van der Waals surface area contributed by atoms with Gasteiger partial charge in [0, 0.05) is 4.47 Å². The lowest BCUT2D eigenvalue weighted by Gasteiger charge is -2.03. The summed E-state index contributed by atoms with van der Waals surface area (Å²) in [5, 5.41) is 23.2. The fourth-order valence-corrected chi connectivity index (χ4v) is 1.91. The molecule has 1 aromatic carbocycles. The van der Waals surface area contributed by atoms with Gasteiger partial charge in [-0.1, -0.05) is 0 Å². The lowest BCUT2D eigenvalue weighted by Crippen LogP contribution is -2.00. The summed E-state index contributed by atoms with van der Waals surface area (Å²) in [4.78, 5) is 20.8. The van der Waals surface area contributed by atoms with Crippen LogP contribution >= 0.6 is 15.9 Å². The number of hydrogen-bond donors (Lipinski definition) is 1. The molecule has 0 fully saturated rings. The molecular weight excluding hydrogens is 306 g/mol. The molecule has 0 amide bonds. The van der Waals surface area contributed by atoms with Crippen molar-refractivity contribution >= 4 is 27.6 Å². The Balaban J connectivity index is 2.42. The van der Waals surface area contributed by atoms with Crippen LogP contribution in [-0.2, 0) is 0 Å². The highest BCUT2D eigenvalue weighted by Gasteiger charge is 2.12. The lowest BCUT2D eigenvalue weighted by molar-refractivity contribution is -0.384. The summed E-state index contributed by atoms with van der Waals surface area (Å²) in [5.41, 5.74) is 0.508. The zero-order valence-corrected chi connectivity index (χ0v) is 10.4. The molecule has 0 saturated heterocycles. The van der Waals surface area contributed by atoms with Crippen LogP contribution in [0.1, 0.15) is 10.4 Å². The molecule has 1 aromatic heterocycles. The molecule has 1 heterocycles. The van der Waals surface area contributed by atoms with Gasteiger partial charge in [-0.15, -0.1) is 0 Å². The van der Waals surface area contributed by atoms with Gasteiger partial charge in [-0.2, -0.15) is 5.10 Å². The van der Waals surface area contributed by atoms with Crippen molar-refractivity contribution in [3.8, 4) is 5.69 Å². The van der Waals surface area contributed by atoms with Crippen LogP contribution in [0.5, 0.6) is 0 Å². The van der Waals surface area contributed by atoms with E-state index >= 15 is 0 Å². The Morgan fingerprint density at radius 3 is 2.72 bits per heavy atom. The minimum atomic E-state index is -1.06. The van der Waals surface area contributed by atoms with Crippen LogP contribution in [0.25, 0.3) is 5.69 Å². The van der Waals surface area contributed by atoms with Crippen LogP contribution in [-0.4, -0.2) is 25.8 Å². The quantitative estimate of drug-likeness (QED) is 0.692. The standard InChI is InChI=1S/C10H6BrN3O4/c11-9-3-6(1-2-8(9)10(15)16)13-5-7(4-12-13)14(17)18/h1-5H,(H,15,16). The highest BCUT2D eigenvalue weighted by molar-refractivity contribution is 9.10. The Morgan fingerprint density at radius 1 is 1.50 bits per heavy atom. The molecule has 0 atom stereocenters. The van der Waals surface area contributed by atoms with E-state index in [2.05, 4.69) is 21.0 Å². The maximum absolute atomic E-state index is 10.8. The molecule has 92 valence electrons. The highest BCUT2D eigenvalue weighted by atomic mass is 79.9. The highest BCUT2D eigenvalue weighted by Crippen LogP contribution is 2.21. The Morgan fingerprint density at radius 2 is 2.22 bits per heavy atom. The molecule has 0 radical (unpaired) electrons. The molecule has 0 aliphatic rings. The number of rotatable bonds is 3. The first kappa shape index (κ1) is 12.2. The molecule has 0 saturated carbocycles. The van der Waals surface area contributed by atoms with Crippen LogP contribution in [0.4, 0.5) is 5.69 Å². The maximum atomic E-state index is 10.8. The number of carboxylic acid groups (broad SMARTS) is 1. The van der Waals surface area contributed by atoms with E-state index in [-0.39, 0.29) is 11.3 Å². The smallest absolute Gasteiger partial charge is 0.336 e. The second-order valence-electron chi connectivity index (χ2n) is 3.37. The van der Waals surface area contributed by atoms with Gasteiger partial charge in [-0.05, 0) is 34.1 Å². The number of halogens is 1. The maximum Gasteiger partial charge on any atom is 0.336 e. The van der Waals surface area contributed by atoms with Crippen LogP contribution in [0.2, 0.25) is 0 Å². The summed E-state index contributed by atoms with van der Waals surface area (Å²) in [7, 11) is 0. The third-order valence-corrected chi connectivity index (χ3v) is 2.88. The monoisotopic (exact) mass is 311 g/mol. The van der Waals surface area contributed by atoms with Crippen LogP contribution in [0, 0.1) is 10.1 Å². The summed E-state index contributed by atoms with van der Waals surface area (Å²) < 4.78 is 1.68. The van der Waals surface area contributed by atoms with Crippen molar-refractivity contribution in [2.45, 2.75) is 0 Å². The number of benzene rings is 1. The van der Waals surface area contributed by atoms with E-state index in [1.165, 1.54) is 29.1 Å². The molecule has 18 heavy (non-hydrogen) atoms. The molecule has 0 aliphatic heterocycles. The lowest BCUT2D eigenvalue weighted by atomic mass is 10.2. The van der Waals surface area contributed by atoms with Gasteiger partial charge in [-0.3, -0.25) is 10.1 Å². The van der Waals surface area contributed by atoms with Crippen molar-refractivity contribution in [3.05, 3.63) is 50.7 Å². The van der Waals surface area contributed by atoms with E-state index in [1.807, 2.05) is 0 Å². The van der Waals surface area contributed by atoms with E-state index < -0.39 is 10.9 Å². The van der Waals surface area contributed by atoms with Gasteiger partial charge >= 0.3 is 11.7 Å². The van der Waals surface area contributed by atoms with Crippen LogP contribution in [0.3, 0.4) is 0 Å². The van der Waals surface area contributed by atoms with Gasteiger partial charge in [0.25, 0.3) is 0 Å². The normalized spacial score (nSPS) is 10.3. The van der Waals surface area contributed by atoms with Gasteiger partial charge in [0.05, 0.1) is 16.2 Å². The Hall–Kier alpha value is -2.22. The summed E-state index contributed by atoms with van der Waals surface area (Å²) in [6, 6.07) is 4.44. The molecule has 0 spiro atoms. The Bertz CT molecular complexity index is 638. The van der Waals surface area contributed by atoms with Gasteiger partial charge in [0.15, 0.2) is 0 Å². The average Bonchev–Trinajstić information content (AvgIpc) is 2.77. The summed E-state index contributed by atoms with van der Waals surface area (Å²) in [5.74, 6) is -1.06. The minimum absolute atomic E-state index is 0.111. The first-order valence-electron chi connectivity index (χ1n) is 4.71. The van der Waals surface area contributed by atoms with E-state index in [4.69, 9.17) is 5.11 Å². The third kappa shape index (κ3) is 2.23. The van der Waals surface area contributed by atoms with Gasteiger partial charge in [0.2, 0.25) is 0 Å². The average molecular weight is 312 g/mol. The predicted octanol–water partition coefficient (Wildman–Crippen LogP) is 2.24. The molecule has 2 aromatic rings. The van der Waals surface area contributed by atoms with Crippen molar-refractivity contribution in [3.63, 3.8) is 0 Å². The third-order valence-electron chi connectivity index (χ3n) is 2.23. The molecule has 1 N–H and O–H groups in total. The van der Waals surface area contributed by atoms with Gasteiger partial charge in [-0.25, -0.2) is 9.48 Å². The zero-order valence-electron chi connectivity index (χ0n) is 8.78. The van der Waals surface area contributed by atoms with Gasteiger partial charge in [0.1, 0.15) is 12.4 Å². The van der Waals surface area contributed by atoms with Crippen molar-refractivity contribution in [2.24, 2.45) is 0 Å². The summed E-state index contributed by atoms with van der Waals surface area (Å²) >= 11 is 3.12. The SMILES string of the molecule is O=C(O)c1ccc(-n2cc([N+](=O)[O-])cn2)cc1Br. The predicted molar refractivity (Wildman–Crippen MR) is 64.9 cm³/mol. The summed E-state index contributed by atoms with van der Waals surface area (Å²) in [6.45, 7) is 0. The fraction of sp³-hybridized carbons (Fsp3) is 0. The zero-order chi connectivity index (χ0) is 13.3. The van der Waals surface area contributed by atoms with Crippen LogP contribution in [0.15, 0.2) is 35.1 Å². The number of aromatic nitrogens is 2. The van der Waals surface area contributed by atoms with Crippen molar-refractivity contribution < 1.29 is 14.8 Å². The van der Waals surface area contributed by atoms with Gasteiger partial charge < -0.3 is 5.11 Å². The van der Waals surface area contributed by atoms with E-state index in [0.717, 1.165) is 6.20 Å². The number of aromatic carboxylic acids is 1. The second kappa shape index (κ2) is 4.57. The molecule has 2 rings (SSSR count). The molecule has 8 heteroatoms. The molecular formula is C10H6BrN3O4.